The van der Waals surface area contributed by atoms with Crippen molar-refractivity contribution in [3.8, 4) is 11.5 Å². The van der Waals surface area contributed by atoms with Gasteiger partial charge in [-0.1, -0.05) is 24.3 Å². The molecule has 2 N–H and O–H groups in total. The maximum atomic E-state index is 11.1. The Bertz CT molecular complexity index is 1460. The van der Waals surface area contributed by atoms with E-state index < -0.39 is 0 Å². The summed E-state index contributed by atoms with van der Waals surface area (Å²) in [6.45, 7) is 11.2. The minimum Gasteiger partial charge on any atom is -0.505 e. The van der Waals surface area contributed by atoms with Crippen LogP contribution in [0.5, 0.6) is 11.5 Å². The van der Waals surface area contributed by atoms with Crippen molar-refractivity contribution in [2.75, 3.05) is 87.1 Å². The van der Waals surface area contributed by atoms with Crippen LogP contribution in [0.1, 0.15) is 22.3 Å². The maximum absolute atomic E-state index is 11.1. The average molecular weight is 697 g/mol. The fourth-order valence-corrected chi connectivity index (χ4v) is 9.12. The van der Waals surface area contributed by atoms with E-state index in [2.05, 4.69) is 45.7 Å². The second kappa shape index (κ2) is 19.1. The molecule has 0 bridgehead atoms. The van der Waals surface area contributed by atoms with Crippen LogP contribution in [0.2, 0.25) is 0 Å². The maximum Gasteiger partial charge on any atom is 0.146 e. The van der Waals surface area contributed by atoms with Crippen molar-refractivity contribution in [1.82, 2.24) is 19.8 Å². The highest BCUT2D eigenvalue weighted by Gasteiger charge is 2.16. The number of hydrogen-bond donors (Lipinski definition) is 2. The third-order valence-electron chi connectivity index (χ3n) is 8.41. The Morgan fingerprint density at radius 2 is 1.04 bits per heavy atom. The topological polar surface area (TPSA) is 91.2 Å². The molecule has 254 valence electrons. The van der Waals surface area contributed by atoms with E-state index in [-0.39, 0.29) is 11.5 Å². The van der Waals surface area contributed by atoms with Gasteiger partial charge in [0.2, 0.25) is 0 Å². The highest BCUT2D eigenvalue weighted by Crippen LogP contribution is 2.32. The predicted octanol–water partition coefficient (Wildman–Crippen LogP) is 6.36. The zero-order valence-corrected chi connectivity index (χ0v) is 30.1. The van der Waals surface area contributed by atoms with E-state index in [0.717, 1.165) is 93.7 Å². The van der Waals surface area contributed by atoms with Gasteiger partial charge in [0.15, 0.2) is 0 Å². The number of hydrogen-bond acceptors (Lipinski definition) is 11. The van der Waals surface area contributed by atoms with Gasteiger partial charge in [0.05, 0.1) is 26.4 Å². The lowest BCUT2D eigenvalue weighted by atomic mass is 10.0. The number of phenolic OH excluding ortho intramolecular Hbond substituents is 2. The number of fused-ring (bicyclic) bond motifs is 2. The molecule has 0 unspecified atom stereocenters. The van der Waals surface area contributed by atoms with Crippen LogP contribution in [0.3, 0.4) is 0 Å². The van der Waals surface area contributed by atoms with E-state index in [9.17, 15) is 10.2 Å². The molecule has 0 spiro atoms. The monoisotopic (exact) mass is 696 g/mol. The molecular formula is C36H48N4O4S3. The first-order chi connectivity index (χ1) is 23.0. The van der Waals surface area contributed by atoms with Crippen LogP contribution < -0.4 is 0 Å². The number of rotatable bonds is 4. The zero-order valence-electron chi connectivity index (χ0n) is 27.7. The van der Waals surface area contributed by atoms with Crippen LogP contribution in [0, 0.1) is 13.8 Å². The van der Waals surface area contributed by atoms with Gasteiger partial charge in [-0.2, -0.15) is 35.3 Å². The Kier molecular flexibility index (Phi) is 14.6. The molecule has 11 heteroatoms. The lowest BCUT2D eigenvalue weighted by molar-refractivity contribution is 0.0308. The molecule has 1 aliphatic heterocycles. The van der Waals surface area contributed by atoms with E-state index >= 15 is 0 Å². The summed E-state index contributed by atoms with van der Waals surface area (Å²) < 4.78 is 12.0. The van der Waals surface area contributed by atoms with Crippen molar-refractivity contribution in [2.24, 2.45) is 0 Å². The minimum absolute atomic E-state index is 0.279. The summed E-state index contributed by atoms with van der Waals surface area (Å²) in [6, 6.07) is 12.0. The summed E-state index contributed by atoms with van der Waals surface area (Å²) in [5.74, 6) is 7.23. The largest absolute Gasteiger partial charge is 0.505 e. The Morgan fingerprint density at radius 1 is 0.617 bits per heavy atom. The molecule has 3 heterocycles. The van der Waals surface area contributed by atoms with Crippen LogP contribution in [0.15, 0.2) is 48.8 Å². The SMILES string of the molecule is Cc1cc(CN2CCOCCOCCN(Cc3cc(C)c4cccnc4c3O)CCSCCSCCSCC2)c(O)c2ncccc12. The molecule has 1 saturated heterocycles. The van der Waals surface area contributed by atoms with Gasteiger partial charge in [-0.15, -0.1) is 0 Å². The van der Waals surface area contributed by atoms with Gasteiger partial charge in [0.25, 0.3) is 0 Å². The first kappa shape index (κ1) is 36.0. The summed E-state index contributed by atoms with van der Waals surface area (Å²) in [7, 11) is 0. The molecule has 0 aliphatic carbocycles. The second-order valence-corrected chi connectivity index (χ2v) is 15.5. The Hall–Kier alpha value is -2.25. The Morgan fingerprint density at radius 3 is 1.49 bits per heavy atom. The Balaban J connectivity index is 1.16. The molecule has 0 radical (unpaired) electrons. The van der Waals surface area contributed by atoms with Crippen LogP contribution in [0.25, 0.3) is 21.8 Å². The average Bonchev–Trinajstić information content (AvgIpc) is 3.08. The predicted molar refractivity (Wildman–Crippen MR) is 200 cm³/mol. The van der Waals surface area contributed by atoms with Crippen LogP contribution in [-0.2, 0) is 22.6 Å². The first-order valence-corrected chi connectivity index (χ1v) is 19.9. The molecule has 0 saturated carbocycles. The van der Waals surface area contributed by atoms with Gasteiger partial charge < -0.3 is 19.7 Å². The molecule has 0 atom stereocenters. The van der Waals surface area contributed by atoms with Crippen molar-refractivity contribution < 1.29 is 19.7 Å². The summed E-state index contributed by atoms with van der Waals surface area (Å²) >= 11 is 6.03. The lowest BCUT2D eigenvalue weighted by Gasteiger charge is -2.24. The van der Waals surface area contributed by atoms with Crippen molar-refractivity contribution in [3.63, 3.8) is 0 Å². The van der Waals surface area contributed by atoms with Gasteiger partial charge in [0.1, 0.15) is 22.5 Å². The summed E-state index contributed by atoms with van der Waals surface area (Å²) in [6.07, 6.45) is 3.48. The van der Waals surface area contributed by atoms with Gasteiger partial charge in [0, 0.05) is 108 Å². The summed E-state index contributed by atoms with van der Waals surface area (Å²) in [4.78, 5) is 13.7. The number of aromatic nitrogens is 2. The third kappa shape index (κ3) is 10.6. The molecule has 2 aromatic carbocycles. The van der Waals surface area contributed by atoms with Gasteiger partial charge >= 0.3 is 0 Å². The van der Waals surface area contributed by atoms with E-state index in [1.165, 1.54) is 0 Å². The highest BCUT2D eigenvalue weighted by molar-refractivity contribution is 8.04. The van der Waals surface area contributed by atoms with Gasteiger partial charge in [-0.05, 0) is 37.1 Å². The second-order valence-electron chi connectivity index (χ2n) is 11.8. The number of thioether (sulfide) groups is 3. The van der Waals surface area contributed by atoms with E-state index in [0.29, 0.717) is 50.6 Å². The fraction of sp³-hybridized carbons (Fsp3) is 0.500. The standard InChI is InChI=1S/C36H48N4O4S3/c1-27-23-29(35(41)33-31(27)5-3-7-37-33)25-39-9-13-43-15-16-44-14-10-40(12-18-46-20-22-47-21-19-45-17-11-39)26-30-24-28(2)32-6-4-8-38-34(32)36(30)42/h3-8,23-24,41-42H,9-22,25-26H2,1-2H3. The molecule has 5 rings (SSSR count). The van der Waals surface area contributed by atoms with Crippen molar-refractivity contribution in [1.29, 1.82) is 0 Å². The summed E-state index contributed by atoms with van der Waals surface area (Å²) in [5, 5.41) is 24.1. The van der Waals surface area contributed by atoms with Crippen LogP contribution in [0.4, 0.5) is 0 Å². The molecule has 8 nitrogen and oxygen atoms in total. The minimum atomic E-state index is 0.279. The van der Waals surface area contributed by atoms with E-state index in [1.807, 2.05) is 59.6 Å². The van der Waals surface area contributed by atoms with Crippen LogP contribution >= 0.6 is 35.3 Å². The van der Waals surface area contributed by atoms with Gasteiger partial charge in [-0.3, -0.25) is 19.8 Å². The molecule has 1 fully saturated rings. The van der Waals surface area contributed by atoms with E-state index in [4.69, 9.17) is 9.47 Å². The number of aromatic hydroxyl groups is 2. The zero-order chi connectivity index (χ0) is 32.8. The molecule has 4 aromatic rings. The molecular weight excluding hydrogens is 649 g/mol. The lowest BCUT2D eigenvalue weighted by Crippen LogP contribution is -2.31. The Labute approximate surface area is 292 Å². The van der Waals surface area contributed by atoms with E-state index in [1.54, 1.807) is 12.4 Å². The van der Waals surface area contributed by atoms with Crippen molar-refractivity contribution in [3.05, 3.63) is 71.0 Å². The number of nitrogens with zero attached hydrogens (tertiary/aromatic N) is 4. The summed E-state index contributed by atoms with van der Waals surface area (Å²) in [5.41, 5.74) is 5.42. The van der Waals surface area contributed by atoms with Crippen molar-refractivity contribution >= 4 is 57.1 Å². The quantitative estimate of drug-likeness (QED) is 0.250. The number of aryl methyl sites for hydroxylation is 2. The fourth-order valence-electron chi connectivity index (χ4n) is 5.84. The molecule has 1 aliphatic rings. The number of pyridine rings is 2. The third-order valence-corrected chi connectivity index (χ3v) is 11.8. The van der Waals surface area contributed by atoms with Crippen LogP contribution in [-0.4, -0.2) is 117 Å². The number of phenols is 2. The highest BCUT2D eigenvalue weighted by atomic mass is 32.2. The molecule has 0 amide bonds. The first-order valence-electron chi connectivity index (χ1n) is 16.5. The van der Waals surface area contributed by atoms with Gasteiger partial charge in [-0.25, -0.2) is 0 Å². The number of benzene rings is 2. The number of ether oxygens (including phenoxy) is 2. The molecule has 47 heavy (non-hydrogen) atoms. The molecule has 2 aromatic heterocycles. The normalized spacial score (nSPS) is 18.3. The van der Waals surface area contributed by atoms with Crippen molar-refractivity contribution in [2.45, 2.75) is 26.9 Å². The smallest absolute Gasteiger partial charge is 0.146 e.